The van der Waals surface area contributed by atoms with Crippen LogP contribution in [-0.2, 0) is 9.84 Å². The first-order valence-electron chi connectivity index (χ1n) is 8.39. The Labute approximate surface area is 167 Å². The monoisotopic (exact) mass is 455 g/mol. The summed E-state index contributed by atoms with van der Waals surface area (Å²) in [6, 6.07) is 12.5. The molecule has 7 heteroatoms. The average Bonchev–Trinajstić information content (AvgIpc) is 2.58. The number of hydrogen-bond donors (Lipinski definition) is 1. The lowest BCUT2D eigenvalue weighted by molar-refractivity contribution is 0.0905. The number of nitrogens with one attached hydrogen (secondary N) is 1. The van der Waals surface area contributed by atoms with Gasteiger partial charge in [0.15, 0.2) is 9.84 Å². The maximum atomic E-state index is 12.6. The molecule has 0 bridgehead atoms. The summed E-state index contributed by atoms with van der Waals surface area (Å²) in [5, 5.41) is 3.66. The van der Waals surface area contributed by atoms with Crippen LogP contribution < -0.4 is 5.32 Å². The second-order valence-electron chi connectivity index (χ2n) is 6.43. The van der Waals surface area contributed by atoms with Crippen LogP contribution in [0.1, 0.15) is 41.6 Å². The highest BCUT2D eigenvalue weighted by molar-refractivity contribution is 9.10. The molecular formula is C19H19BrClNO3S. The van der Waals surface area contributed by atoms with Crippen molar-refractivity contribution in [1.82, 2.24) is 5.32 Å². The van der Waals surface area contributed by atoms with Crippen LogP contribution in [0.15, 0.2) is 51.8 Å². The molecule has 26 heavy (non-hydrogen) atoms. The Morgan fingerprint density at radius 1 is 1.19 bits per heavy atom. The number of carbonyl (C=O) groups is 1. The Kier molecular flexibility index (Phi) is 5.75. The lowest BCUT2D eigenvalue weighted by atomic mass is 9.76. The molecule has 0 aromatic heterocycles. The van der Waals surface area contributed by atoms with Gasteiger partial charge in [0, 0.05) is 15.5 Å². The number of benzene rings is 2. The highest BCUT2D eigenvalue weighted by Crippen LogP contribution is 2.37. The molecule has 0 aliphatic heterocycles. The van der Waals surface area contributed by atoms with Gasteiger partial charge in [-0.05, 0) is 54.7 Å². The van der Waals surface area contributed by atoms with Gasteiger partial charge < -0.3 is 5.32 Å². The standard InChI is InChI=1S/C19H19BrClNO3S/c1-2-26(24,25)18-11-14(20)5-8-17(18)19(23)22-16-9-13(10-16)12-3-6-15(21)7-4-12/h3-8,11,13,16H,2,9-10H2,1H3,(H,22,23). The van der Waals surface area contributed by atoms with Gasteiger partial charge in [0.1, 0.15) is 0 Å². The minimum absolute atomic E-state index is 0.0454. The molecule has 2 aromatic rings. The molecule has 0 radical (unpaired) electrons. The quantitative estimate of drug-likeness (QED) is 0.717. The summed E-state index contributed by atoms with van der Waals surface area (Å²) < 4.78 is 25.2. The zero-order chi connectivity index (χ0) is 18.9. The molecule has 138 valence electrons. The summed E-state index contributed by atoms with van der Waals surface area (Å²) in [5.41, 5.74) is 1.41. The second kappa shape index (κ2) is 7.71. The molecule has 1 fully saturated rings. The number of sulfone groups is 1. The predicted octanol–water partition coefficient (Wildman–Crippen LogP) is 4.57. The molecular weight excluding hydrogens is 438 g/mol. The van der Waals surface area contributed by atoms with Crippen molar-refractivity contribution in [3.63, 3.8) is 0 Å². The van der Waals surface area contributed by atoms with Crippen LogP contribution in [-0.4, -0.2) is 26.1 Å². The van der Waals surface area contributed by atoms with E-state index in [0.717, 1.165) is 12.8 Å². The molecule has 0 saturated heterocycles. The molecule has 4 nitrogen and oxygen atoms in total. The lowest BCUT2D eigenvalue weighted by Gasteiger charge is -2.36. The first-order chi connectivity index (χ1) is 12.3. The SMILES string of the molecule is CCS(=O)(=O)c1cc(Br)ccc1C(=O)NC1CC(c2ccc(Cl)cc2)C1. The normalized spacial score (nSPS) is 19.7. The van der Waals surface area contributed by atoms with Crippen LogP contribution >= 0.6 is 27.5 Å². The largest absolute Gasteiger partial charge is 0.349 e. The fourth-order valence-corrected chi connectivity index (χ4v) is 4.85. The van der Waals surface area contributed by atoms with Crippen molar-refractivity contribution in [1.29, 1.82) is 0 Å². The molecule has 0 atom stereocenters. The van der Waals surface area contributed by atoms with E-state index in [2.05, 4.69) is 21.2 Å². The summed E-state index contributed by atoms with van der Waals surface area (Å²) in [6.07, 6.45) is 1.67. The van der Waals surface area contributed by atoms with Gasteiger partial charge in [0.2, 0.25) is 0 Å². The van der Waals surface area contributed by atoms with E-state index < -0.39 is 9.84 Å². The van der Waals surface area contributed by atoms with Crippen LogP contribution in [0.5, 0.6) is 0 Å². The maximum Gasteiger partial charge on any atom is 0.252 e. The van der Waals surface area contributed by atoms with E-state index in [4.69, 9.17) is 11.6 Å². The van der Waals surface area contributed by atoms with Crippen LogP contribution in [0.4, 0.5) is 0 Å². The molecule has 1 N–H and O–H groups in total. The molecule has 1 amide bonds. The molecule has 1 aliphatic rings. The summed E-state index contributed by atoms with van der Waals surface area (Å²) >= 11 is 9.18. The minimum atomic E-state index is -3.48. The Bertz CT molecular complexity index is 922. The van der Waals surface area contributed by atoms with E-state index in [-0.39, 0.29) is 28.2 Å². The third kappa shape index (κ3) is 4.13. The van der Waals surface area contributed by atoms with Crippen molar-refractivity contribution in [2.45, 2.75) is 36.6 Å². The Morgan fingerprint density at radius 2 is 1.85 bits per heavy atom. The highest BCUT2D eigenvalue weighted by atomic mass is 79.9. The number of hydrogen-bond acceptors (Lipinski definition) is 3. The van der Waals surface area contributed by atoms with Crippen molar-refractivity contribution >= 4 is 43.3 Å². The topological polar surface area (TPSA) is 63.2 Å². The smallest absolute Gasteiger partial charge is 0.252 e. The zero-order valence-corrected chi connectivity index (χ0v) is 17.4. The van der Waals surface area contributed by atoms with E-state index in [1.54, 1.807) is 19.1 Å². The second-order valence-corrected chi connectivity index (χ2v) is 10.0. The first kappa shape index (κ1) is 19.4. The number of amides is 1. The Hall–Kier alpha value is -1.37. The van der Waals surface area contributed by atoms with E-state index in [1.807, 2.05) is 24.3 Å². The van der Waals surface area contributed by atoms with Gasteiger partial charge in [-0.2, -0.15) is 0 Å². The van der Waals surface area contributed by atoms with E-state index in [1.165, 1.54) is 11.6 Å². The zero-order valence-electron chi connectivity index (χ0n) is 14.2. The van der Waals surface area contributed by atoms with Gasteiger partial charge >= 0.3 is 0 Å². The fraction of sp³-hybridized carbons (Fsp3) is 0.316. The van der Waals surface area contributed by atoms with Crippen LogP contribution in [0, 0.1) is 0 Å². The highest BCUT2D eigenvalue weighted by Gasteiger charge is 2.32. The first-order valence-corrected chi connectivity index (χ1v) is 11.2. The minimum Gasteiger partial charge on any atom is -0.349 e. The number of halogens is 2. The molecule has 2 aromatic carbocycles. The average molecular weight is 457 g/mol. The molecule has 0 spiro atoms. The molecule has 0 unspecified atom stereocenters. The van der Waals surface area contributed by atoms with E-state index >= 15 is 0 Å². The fourth-order valence-electron chi connectivity index (χ4n) is 3.10. The van der Waals surface area contributed by atoms with Crippen molar-refractivity contribution < 1.29 is 13.2 Å². The maximum absolute atomic E-state index is 12.6. The van der Waals surface area contributed by atoms with Gasteiger partial charge in [0.25, 0.3) is 5.91 Å². The van der Waals surface area contributed by atoms with Gasteiger partial charge in [0.05, 0.1) is 16.2 Å². The summed E-state index contributed by atoms with van der Waals surface area (Å²) in [6.45, 7) is 1.57. The van der Waals surface area contributed by atoms with Crippen molar-refractivity contribution in [2.24, 2.45) is 0 Å². The van der Waals surface area contributed by atoms with Crippen LogP contribution in [0.3, 0.4) is 0 Å². The molecule has 3 rings (SSSR count). The molecule has 1 saturated carbocycles. The van der Waals surface area contributed by atoms with Gasteiger partial charge in [-0.25, -0.2) is 8.42 Å². The van der Waals surface area contributed by atoms with Gasteiger partial charge in [-0.1, -0.05) is 46.6 Å². The molecule has 0 heterocycles. The Balaban J connectivity index is 1.69. The summed E-state index contributed by atoms with van der Waals surface area (Å²) in [5.74, 6) is -0.00312. The van der Waals surface area contributed by atoms with Crippen molar-refractivity contribution in [3.8, 4) is 0 Å². The predicted molar refractivity (Wildman–Crippen MR) is 107 cm³/mol. The van der Waals surface area contributed by atoms with Crippen molar-refractivity contribution in [3.05, 3.63) is 63.1 Å². The lowest BCUT2D eigenvalue weighted by Crippen LogP contribution is -2.43. The van der Waals surface area contributed by atoms with Crippen LogP contribution in [0.25, 0.3) is 0 Å². The summed E-state index contributed by atoms with van der Waals surface area (Å²) in [4.78, 5) is 12.7. The van der Waals surface area contributed by atoms with Gasteiger partial charge in [-0.15, -0.1) is 0 Å². The third-order valence-corrected chi connectivity index (χ3v) is 7.23. The van der Waals surface area contributed by atoms with E-state index in [0.29, 0.717) is 15.4 Å². The van der Waals surface area contributed by atoms with Crippen LogP contribution in [0.2, 0.25) is 5.02 Å². The number of carbonyl (C=O) groups excluding carboxylic acids is 1. The molecule has 1 aliphatic carbocycles. The van der Waals surface area contributed by atoms with Gasteiger partial charge in [-0.3, -0.25) is 4.79 Å². The third-order valence-electron chi connectivity index (χ3n) is 4.72. The van der Waals surface area contributed by atoms with Crippen molar-refractivity contribution in [2.75, 3.05) is 5.75 Å². The summed E-state index contributed by atoms with van der Waals surface area (Å²) in [7, 11) is -3.48. The Morgan fingerprint density at radius 3 is 2.46 bits per heavy atom. The van der Waals surface area contributed by atoms with E-state index in [9.17, 15) is 13.2 Å². The number of rotatable bonds is 5.